The second kappa shape index (κ2) is 8.91. The summed E-state index contributed by atoms with van der Waals surface area (Å²) in [6.07, 6.45) is 1.36. The van der Waals surface area contributed by atoms with Crippen molar-refractivity contribution in [3.8, 4) is 11.4 Å². The first kappa shape index (κ1) is 24.0. The van der Waals surface area contributed by atoms with E-state index >= 15 is 13.2 Å². The lowest BCUT2D eigenvalue weighted by atomic mass is 9.96. The van der Waals surface area contributed by atoms with Crippen molar-refractivity contribution in [1.29, 1.82) is 0 Å². The normalized spacial score (nSPS) is 23.1. The summed E-state index contributed by atoms with van der Waals surface area (Å²) < 4.78 is 48.6. The number of benzene rings is 1. The second-order valence-corrected chi connectivity index (χ2v) is 10.4. The Morgan fingerprint density at radius 3 is 2.52 bits per heavy atom. The molecule has 2 heterocycles. The molecule has 4 rings (SSSR count). The molecule has 0 unspecified atom stereocenters. The van der Waals surface area contributed by atoms with Crippen molar-refractivity contribution >= 4 is 17.9 Å². The van der Waals surface area contributed by atoms with E-state index in [1.54, 1.807) is 24.3 Å². The quantitative estimate of drug-likeness (QED) is 0.584. The lowest BCUT2D eigenvalue weighted by molar-refractivity contribution is -0.138. The molecular weight excluding hydrogens is 449 g/mol. The van der Waals surface area contributed by atoms with Crippen LogP contribution in [0.3, 0.4) is 0 Å². The van der Waals surface area contributed by atoms with E-state index in [9.17, 15) is 4.79 Å². The molecule has 9 heteroatoms. The van der Waals surface area contributed by atoms with Crippen molar-refractivity contribution in [2.75, 3.05) is 12.3 Å². The molecular formula is C24H29F3N4OS. The Morgan fingerprint density at radius 2 is 1.91 bits per heavy atom. The number of aromatic nitrogens is 2. The Kier molecular flexibility index (Phi) is 6.48. The van der Waals surface area contributed by atoms with Crippen molar-refractivity contribution < 1.29 is 18.0 Å². The van der Waals surface area contributed by atoms with Gasteiger partial charge in [-0.3, -0.25) is 9.52 Å². The number of halogens is 3. The minimum Gasteiger partial charge on any atom is -0.331 e. The maximum atomic E-state index is 15.6. The van der Waals surface area contributed by atoms with Gasteiger partial charge in [0.1, 0.15) is 11.9 Å². The van der Waals surface area contributed by atoms with Gasteiger partial charge in [0.15, 0.2) is 5.82 Å². The van der Waals surface area contributed by atoms with Crippen LogP contribution in [0.25, 0.3) is 11.4 Å². The number of carbonyl (C=O) groups is 1. The third-order valence-electron chi connectivity index (χ3n) is 6.48. The van der Waals surface area contributed by atoms with E-state index in [-0.39, 0.29) is 29.3 Å². The fourth-order valence-corrected chi connectivity index (χ4v) is 5.10. The Balaban J connectivity index is 1.70. The van der Waals surface area contributed by atoms with Gasteiger partial charge in [-0.05, 0) is 50.8 Å². The molecule has 2 fully saturated rings. The molecule has 1 aliphatic carbocycles. The summed E-state index contributed by atoms with van der Waals surface area (Å²) in [5, 5.41) is 0. The summed E-state index contributed by atoms with van der Waals surface area (Å²) >= 11 is 1.18. The number of hydrogen-bond acceptors (Lipinski definition) is 5. The van der Waals surface area contributed by atoms with Crippen molar-refractivity contribution in [3.05, 3.63) is 47.0 Å². The first-order valence-electron chi connectivity index (χ1n) is 11.2. The monoisotopic (exact) mass is 478 g/mol. The van der Waals surface area contributed by atoms with Crippen LogP contribution < -0.4 is 4.72 Å². The number of alkyl halides is 2. The van der Waals surface area contributed by atoms with Gasteiger partial charge in [0.2, 0.25) is 5.91 Å². The van der Waals surface area contributed by atoms with Crippen molar-refractivity contribution in [2.24, 2.45) is 5.41 Å². The van der Waals surface area contributed by atoms with Gasteiger partial charge in [0.25, 0.3) is 5.92 Å². The SMILES string of the molecule is CCSN[C@@H]1[C@H](Cc2cccc(-c3nc(C)cc(C)n3)c2F)N(C(=O)C2(C)CC2)CC1(F)F. The molecule has 1 saturated heterocycles. The predicted octanol–water partition coefficient (Wildman–Crippen LogP) is 4.71. The average molecular weight is 479 g/mol. The smallest absolute Gasteiger partial charge is 0.283 e. The van der Waals surface area contributed by atoms with Gasteiger partial charge >= 0.3 is 0 Å². The van der Waals surface area contributed by atoms with E-state index < -0.39 is 35.8 Å². The highest BCUT2D eigenvalue weighted by atomic mass is 32.2. The maximum absolute atomic E-state index is 15.6. The Hall–Kier alpha value is -2.13. The van der Waals surface area contributed by atoms with E-state index in [1.165, 1.54) is 16.8 Å². The summed E-state index contributed by atoms with van der Waals surface area (Å²) in [7, 11) is 0. The number of amides is 1. The lowest BCUT2D eigenvalue weighted by Gasteiger charge is -2.30. The molecule has 1 aliphatic heterocycles. The summed E-state index contributed by atoms with van der Waals surface area (Å²) in [4.78, 5) is 23.1. The molecule has 0 bridgehead atoms. The average Bonchev–Trinajstić information content (AvgIpc) is 3.44. The Morgan fingerprint density at radius 1 is 1.24 bits per heavy atom. The summed E-state index contributed by atoms with van der Waals surface area (Å²) in [5.74, 6) is -3.06. The number of likely N-dealkylation sites (tertiary alicyclic amines) is 1. The van der Waals surface area contributed by atoms with Crippen LogP contribution in [0.5, 0.6) is 0 Å². The number of hydrogen-bond donors (Lipinski definition) is 1. The van der Waals surface area contributed by atoms with Crippen LogP contribution in [0.2, 0.25) is 0 Å². The van der Waals surface area contributed by atoms with E-state index in [0.717, 1.165) is 0 Å². The number of rotatable bonds is 7. The van der Waals surface area contributed by atoms with Crippen molar-refractivity contribution in [2.45, 2.75) is 65.0 Å². The first-order valence-corrected chi connectivity index (χ1v) is 12.2. The molecule has 33 heavy (non-hydrogen) atoms. The summed E-state index contributed by atoms with van der Waals surface area (Å²) in [6.45, 7) is 6.63. The molecule has 1 amide bonds. The summed E-state index contributed by atoms with van der Waals surface area (Å²) in [6, 6.07) is 4.52. The van der Waals surface area contributed by atoms with E-state index in [4.69, 9.17) is 0 Å². The number of nitrogens with zero attached hydrogens (tertiary/aromatic N) is 3. The third kappa shape index (κ3) is 4.75. The van der Waals surface area contributed by atoms with Gasteiger partial charge in [-0.25, -0.2) is 23.1 Å². The van der Waals surface area contributed by atoms with Gasteiger partial charge in [-0.15, -0.1) is 0 Å². The Bertz CT molecular complexity index is 1040. The molecule has 1 saturated carbocycles. The van der Waals surface area contributed by atoms with Gasteiger partial charge in [0.05, 0.1) is 18.2 Å². The van der Waals surface area contributed by atoms with E-state index in [2.05, 4.69) is 14.7 Å². The van der Waals surface area contributed by atoms with Crippen LogP contribution in [-0.4, -0.2) is 51.1 Å². The highest BCUT2D eigenvalue weighted by Gasteiger charge is 2.59. The minimum atomic E-state index is -3.11. The fraction of sp³-hybridized carbons (Fsp3) is 0.542. The molecule has 1 aromatic heterocycles. The number of nitrogens with one attached hydrogen (secondary N) is 1. The third-order valence-corrected chi connectivity index (χ3v) is 7.19. The van der Waals surface area contributed by atoms with Crippen LogP contribution in [0.4, 0.5) is 13.2 Å². The van der Waals surface area contributed by atoms with Gasteiger partial charge < -0.3 is 4.90 Å². The van der Waals surface area contributed by atoms with Gasteiger partial charge in [0, 0.05) is 22.6 Å². The molecule has 2 aromatic rings. The zero-order valence-electron chi connectivity index (χ0n) is 19.3. The molecule has 1 N–H and O–H groups in total. The predicted molar refractivity (Wildman–Crippen MR) is 123 cm³/mol. The molecule has 0 spiro atoms. The minimum absolute atomic E-state index is 0.0240. The zero-order valence-corrected chi connectivity index (χ0v) is 20.1. The first-order chi connectivity index (χ1) is 15.6. The molecule has 0 radical (unpaired) electrons. The highest BCUT2D eigenvalue weighted by Crippen LogP contribution is 2.49. The molecule has 2 aliphatic rings. The van der Waals surface area contributed by atoms with Crippen LogP contribution in [0.1, 0.15) is 43.6 Å². The van der Waals surface area contributed by atoms with Gasteiger partial charge in [-0.2, -0.15) is 0 Å². The zero-order chi connectivity index (χ0) is 24.0. The topological polar surface area (TPSA) is 58.1 Å². The number of carbonyl (C=O) groups excluding carboxylic acids is 1. The molecule has 178 valence electrons. The standard InChI is InChI=1S/C24H29F3N4OS/c1-5-33-30-20-18(31(13-24(20,26)27)22(32)23(4)9-10-23)12-16-7-6-8-17(19(16)25)21-28-14(2)11-15(3)29-21/h6-8,11,18,20,30H,5,9-10,12-13H2,1-4H3/t18-,20+/m0/s1. The highest BCUT2D eigenvalue weighted by molar-refractivity contribution is 7.97. The largest absolute Gasteiger partial charge is 0.331 e. The number of aryl methyl sites for hydroxylation is 2. The Labute approximate surface area is 196 Å². The van der Waals surface area contributed by atoms with Crippen LogP contribution in [0.15, 0.2) is 24.3 Å². The lowest BCUT2D eigenvalue weighted by Crippen LogP contribution is -2.49. The summed E-state index contributed by atoms with van der Waals surface area (Å²) in [5.41, 5.74) is 1.34. The van der Waals surface area contributed by atoms with Gasteiger partial charge in [-0.1, -0.05) is 37.9 Å². The van der Waals surface area contributed by atoms with Crippen LogP contribution in [-0.2, 0) is 11.2 Å². The van der Waals surface area contributed by atoms with Crippen molar-refractivity contribution in [1.82, 2.24) is 19.6 Å². The van der Waals surface area contributed by atoms with E-state index in [1.807, 2.05) is 27.7 Å². The fourth-order valence-electron chi connectivity index (χ4n) is 4.42. The van der Waals surface area contributed by atoms with Crippen LogP contribution in [0, 0.1) is 25.1 Å². The van der Waals surface area contributed by atoms with Crippen molar-refractivity contribution in [3.63, 3.8) is 0 Å². The maximum Gasteiger partial charge on any atom is 0.283 e. The molecule has 2 atom stereocenters. The second-order valence-electron chi connectivity index (χ2n) is 9.31. The molecule has 5 nitrogen and oxygen atoms in total. The van der Waals surface area contributed by atoms with Crippen LogP contribution >= 0.6 is 11.9 Å². The molecule has 1 aromatic carbocycles. The van der Waals surface area contributed by atoms with E-state index in [0.29, 0.717) is 30.0 Å².